The van der Waals surface area contributed by atoms with E-state index in [1.54, 1.807) is 14.2 Å². The van der Waals surface area contributed by atoms with E-state index in [1.807, 2.05) is 18.2 Å². The first-order valence-corrected chi connectivity index (χ1v) is 7.83. The van der Waals surface area contributed by atoms with E-state index in [-0.39, 0.29) is 24.4 Å². The van der Waals surface area contributed by atoms with Gasteiger partial charge in [-0.1, -0.05) is 24.6 Å². The highest BCUT2D eigenvalue weighted by Gasteiger charge is 2.40. The van der Waals surface area contributed by atoms with E-state index in [1.165, 1.54) is 4.90 Å². The molecule has 126 valence electrons. The standard InChI is InChI=1S/C17H24N2O4/c1-19(11-8-15(20)21)16(22)18-12-17(9-5-10-17)13-6-3-4-7-14(13)23-2/h3-4,6-7H,5,8-12H2,1-2H3,(H,18,22)(H,20,21). The summed E-state index contributed by atoms with van der Waals surface area (Å²) in [6, 6.07) is 7.67. The summed E-state index contributed by atoms with van der Waals surface area (Å²) in [5, 5.41) is 11.6. The second-order valence-corrected chi connectivity index (χ2v) is 6.06. The van der Waals surface area contributed by atoms with E-state index in [4.69, 9.17) is 9.84 Å². The molecule has 1 aliphatic rings. The van der Waals surface area contributed by atoms with Crippen LogP contribution in [-0.4, -0.2) is 49.3 Å². The van der Waals surface area contributed by atoms with Crippen molar-refractivity contribution >= 4 is 12.0 Å². The zero-order valence-corrected chi connectivity index (χ0v) is 13.7. The summed E-state index contributed by atoms with van der Waals surface area (Å²) in [4.78, 5) is 24.1. The van der Waals surface area contributed by atoms with Crippen LogP contribution in [0.3, 0.4) is 0 Å². The number of hydrogen-bond donors (Lipinski definition) is 2. The Bertz CT molecular complexity index is 569. The minimum atomic E-state index is -0.908. The lowest BCUT2D eigenvalue weighted by Crippen LogP contribution is -2.49. The summed E-state index contributed by atoms with van der Waals surface area (Å²) in [6.07, 6.45) is 3.09. The zero-order valence-electron chi connectivity index (χ0n) is 13.7. The number of rotatable bonds is 7. The minimum absolute atomic E-state index is 0.0540. The van der Waals surface area contributed by atoms with E-state index in [2.05, 4.69) is 11.4 Å². The van der Waals surface area contributed by atoms with Crippen LogP contribution in [0.15, 0.2) is 24.3 Å². The average Bonchev–Trinajstić information content (AvgIpc) is 2.51. The number of aliphatic carboxylic acids is 1. The summed E-state index contributed by atoms with van der Waals surface area (Å²) in [5.41, 5.74) is 1.04. The van der Waals surface area contributed by atoms with Gasteiger partial charge in [-0.25, -0.2) is 4.79 Å². The number of urea groups is 1. The van der Waals surface area contributed by atoms with Crippen LogP contribution < -0.4 is 10.1 Å². The number of carbonyl (C=O) groups excluding carboxylic acids is 1. The Hall–Kier alpha value is -2.24. The highest BCUT2D eigenvalue weighted by atomic mass is 16.5. The van der Waals surface area contributed by atoms with Crippen molar-refractivity contribution < 1.29 is 19.4 Å². The molecule has 2 amide bonds. The maximum atomic E-state index is 12.1. The van der Waals surface area contributed by atoms with E-state index in [9.17, 15) is 9.59 Å². The lowest BCUT2D eigenvalue weighted by molar-refractivity contribution is -0.137. The van der Waals surface area contributed by atoms with Gasteiger partial charge in [0.05, 0.1) is 13.5 Å². The number of nitrogens with zero attached hydrogens (tertiary/aromatic N) is 1. The highest BCUT2D eigenvalue weighted by molar-refractivity contribution is 5.75. The smallest absolute Gasteiger partial charge is 0.317 e. The first-order chi connectivity index (χ1) is 11.0. The fourth-order valence-corrected chi connectivity index (χ4v) is 2.97. The van der Waals surface area contributed by atoms with E-state index in [0.717, 1.165) is 30.6 Å². The third kappa shape index (κ3) is 3.94. The predicted molar refractivity (Wildman–Crippen MR) is 86.8 cm³/mol. The maximum Gasteiger partial charge on any atom is 0.317 e. The molecule has 1 aromatic rings. The van der Waals surface area contributed by atoms with Crippen molar-refractivity contribution in [1.82, 2.24) is 10.2 Å². The lowest BCUT2D eigenvalue weighted by atomic mass is 9.64. The van der Waals surface area contributed by atoms with Crippen molar-refractivity contribution in [2.75, 3.05) is 27.2 Å². The Kier molecular flexibility index (Phi) is 5.47. The minimum Gasteiger partial charge on any atom is -0.496 e. The van der Waals surface area contributed by atoms with Crippen molar-refractivity contribution in [1.29, 1.82) is 0 Å². The van der Waals surface area contributed by atoms with Crippen molar-refractivity contribution in [2.24, 2.45) is 0 Å². The molecule has 6 heteroatoms. The van der Waals surface area contributed by atoms with Crippen molar-refractivity contribution in [3.05, 3.63) is 29.8 Å². The molecule has 1 aromatic carbocycles. The molecule has 0 aliphatic heterocycles. The van der Waals surface area contributed by atoms with Crippen LogP contribution in [0.2, 0.25) is 0 Å². The second kappa shape index (κ2) is 7.35. The van der Waals surface area contributed by atoms with E-state index < -0.39 is 5.97 Å². The van der Waals surface area contributed by atoms with Gasteiger partial charge in [-0.15, -0.1) is 0 Å². The molecule has 1 saturated carbocycles. The summed E-state index contributed by atoms with van der Waals surface area (Å²) in [6.45, 7) is 0.729. The number of carboxylic acids is 1. The van der Waals surface area contributed by atoms with Gasteiger partial charge in [0.25, 0.3) is 0 Å². The Labute approximate surface area is 136 Å². The van der Waals surface area contributed by atoms with E-state index in [0.29, 0.717) is 6.54 Å². The second-order valence-electron chi connectivity index (χ2n) is 6.06. The van der Waals surface area contributed by atoms with Gasteiger partial charge in [0.15, 0.2) is 0 Å². The van der Waals surface area contributed by atoms with Crippen LogP contribution >= 0.6 is 0 Å². The molecule has 2 N–H and O–H groups in total. The molecular formula is C17H24N2O4. The van der Waals surface area contributed by atoms with E-state index >= 15 is 0 Å². The van der Waals surface area contributed by atoms with Crippen LogP contribution in [-0.2, 0) is 10.2 Å². The lowest BCUT2D eigenvalue weighted by Gasteiger charge is -2.43. The molecule has 1 aliphatic carbocycles. The molecule has 6 nitrogen and oxygen atoms in total. The summed E-state index contributed by atoms with van der Waals surface area (Å²) in [7, 11) is 3.26. The van der Waals surface area contributed by atoms with Gasteiger partial charge in [0.1, 0.15) is 5.75 Å². The van der Waals surface area contributed by atoms with Crippen LogP contribution in [0.1, 0.15) is 31.2 Å². The van der Waals surface area contributed by atoms with Crippen LogP contribution in [0.5, 0.6) is 5.75 Å². The van der Waals surface area contributed by atoms with Crippen molar-refractivity contribution in [3.8, 4) is 5.75 Å². The molecule has 0 atom stereocenters. The predicted octanol–water partition coefficient (Wildman–Crippen LogP) is 2.23. The molecule has 0 heterocycles. The first-order valence-electron chi connectivity index (χ1n) is 7.83. The number of para-hydroxylation sites is 1. The normalized spacial score (nSPS) is 15.4. The fraction of sp³-hybridized carbons (Fsp3) is 0.529. The number of amides is 2. The number of carbonyl (C=O) groups is 2. The number of ether oxygens (including phenoxy) is 1. The molecule has 0 unspecified atom stereocenters. The maximum absolute atomic E-state index is 12.1. The SMILES string of the molecule is COc1ccccc1C1(CNC(=O)N(C)CCC(=O)O)CCC1. The highest BCUT2D eigenvalue weighted by Crippen LogP contribution is 2.46. The molecule has 23 heavy (non-hydrogen) atoms. The van der Waals surface area contributed by atoms with Gasteiger partial charge in [-0.2, -0.15) is 0 Å². The molecule has 0 aromatic heterocycles. The van der Waals surface area contributed by atoms with Crippen LogP contribution in [0.4, 0.5) is 4.79 Å². The Morgan fingerprint density at radius 3 is 2.61 bits per heavy atom. The summed E-state index contributed by atoms with van der Waals surface area (Å²) in [5.74, 6) is -0.0604. The van der Waals surface area contributed by atoms with Gasteiger partial charge in [0, 0.05) is 31.1 Å². The van der Waals surface area contributed by atoms with Gasteiger partial charge < -0.3 is 20.1 Å². The Balaban J connectivity index is 1.99. The fourth-order valence-electron chi connectivity index (χ4n) is 2.97. The molecule has 0 spiro atoms. The molecule has 1 fully saturated rings. The summed E-state index contributed by atoms with van der Waals surface area (Å²) < 4.78 is 5.46. The zero-order chi connectivity index (χ0) is 16.9. The van der Waals surface area contributed by atoms with Gasteiger partial charge in [-0.3, -0.25) is 4.79 Å². The number of hydrogen-bond acceptors (Lipinski definition) is 3. The molecule has 0 saturated heterocycles. The number of carboxylic acid groups (broad SMARTS) is 1. The number of benzene rings is 1. The van der Waals surface area contributed by atoms with Gasteiger partial charge >= 0.3 is 12.0 Å². The van der Waals surface area contributed by atoms with Gasteiger partial charge in [0.2, 0.25) is 0 Å². The largest absolute Gasteiger partial charge is 0.496 e. The molecular weight excluding hydrogens is 296 g/mol. The monoisotopic (exact) mass is 320 g/mol. The van der Waals surface area contributed by atoms with Crippen LogP contribution in [0, 0.1) is 0 Å². The van der Waals surface area contributed by atoms with Crippen molar-refractivity contribution in [2.45, 2.75) is 31.1 Å². The molecule has 0 radical (unpaired) electrons. The number of methoxy groups -OCH3 is 1. The third-order valence-electron chi connectivity index (χ3n) is 4.57. The Morgan fingerprint density at radius 1 is 1.35 bits per heavy atom. The van der Waals surface area contributed by atoms with Crippen LogP contribution in [0.25, 0.3) is 0 Å². The third-order valence-corrected chi connectivity index (χ3v) is 4.57. The molecule has 2 rings (SSSR count). The quantitative estimate of drug-likeness (QED) is 0.807. The Morgan fingerprint density at radius 2 is 2.04 bits per heavy atom. The van der Waals surface area contributed by atoms with Gasteiger partial charge in [-0.05, 0) is 18.9 Å². The average molecular weight is 320 g/mol. The van der Waals surface area contributed by atoms with Crippen molar-refractivity contribution in [3.63, 3.8) is 0 Å². The molecule has 0 bridgehead atoms. The first kappa shape index (κ1) is 17.1. The topological polar surface area (TPSA) is 78.9 Å². The summed E-state index contributed by atoms with van der Waals surface area (Å²) >= 11 is 0. The number of nitrogens with one attached hydrogen (secondary N) is 1.